The summed E-state index contributed by atoms with van der Waals surface area (Å²) in [6.45, 7) is 15.8. The summed E-state index contributed by atoms with van der Waals surface area (Å²) < 4.78 is 35.9. The minimum absolute atomic E-state index is 0.0949. The average molecular weight is 812 g/mol. The van der Waals surface area contributed by atoms with E-state index < -0.39 is 112 Å². The lowest BCUT2D eigenvalue weighted by Crippen LogP contribution is -2.78. The molecule has 1 amide bonds. The first kappa shape index (κ1) is 43.2. The summed E-state index contributed by atoms with van der Waals surface area (Å²) in [5, 5.41) is 27.7. The van der Waals surface area contributed by atoms with Crippen molar-refractivity contribution in [2.45, 2.75) is 148 Å². The third-order valence-corrected chi connectivity index (χ3v) is 12.8. The zero-order valence-corrected chi connectivity index (χ0v) is 34.9. The van der Waals surface area contributed by atoms with Gasteiger partial charge in [0.15, 0.2) is 23.6 Å². The van der Waals surface area contributed by atoms with E-state index in [1.54, 1.807) is 59.7 Å². The minimum Gasteiger partial charge on any atom is -0.456 e. The van der Waals surface area contributed by atoms with Gasteiger partial charge in [-0.3, -0.25) is 14.4 Å². The minimum atomic E-state index is -2.22. The predicted molar refractivity (Wildman–Crippen MR) is 204 cm³/mol. The number of aliphatic hydroxyl groups excluding tert-OH is 1. The van der Waals surface area contributed by atoms with Crippen LogP contribution in [0.15, 0.2) is 41.5 Å². The third-order valence-electron chi connectivity index (χ3n) is 12.8. The van der Waals surface area contributed by atoms with Gasteiger partial charge in [-0.1, -0.05) is 45.9 Å². The Labute approximate surface area is 338 Å². The van der Waals surface area contributed by atoms with Gasteiger partial charge in [0, 0.05) is 31.1 Å². The highest BCUT2D eigenvalue weighted by Crippen LogP contribution is 2.74. The maximum Gasteiger partial charge on any atom is 0.407 e. The average Bonchev–Trinajstić information content (AvgIpc) is 3.83. The van der Waals surface area contributed by atoms with Gasteiger partial charge in [-0.05, 0) is 82.1 Å². The molecule has 1 unspecified atom stereocenters. The number of alkyl carbamates (subject to hydrolysis) is 1. The molecule has 4 fully saturated rings. The number of amides is 1. The number of ketones is 1. The monoisotopic (exact) mass is 811 g/mol. The van der Waals surface area contributed by atoms with Crippen molar-refractivity contribution >= 4 is 35.8 Å². The first-order valence-electron chi connectivity index (χ1n) is 20.0. The van der Waals surface area contributed by atoms with Crippen molar-refractivity contribution < 1.29 is 67.4 Å². The van der Waals surface area contributed by atoms with Crippen LogP contribution in [0.1, 0.15) is 105 Å². The molecule has 1 spiro atoms. The standard InChI is InChI=1S/C43H57NO14/c1-21(2)16-27(44-38(51)58-39(6,7)8)31(47)37(50)55-28-19-43(52)35(56-36(49)25-14-12-11-13-15-25)33-41(18-26(41)17-29-42(33,20-53-29)57-24(5)46)34(48)32(54-23(4)45)30(22(28)3)40(43,9)10/h11-15,21,26-29,31-33,35,47,52H,16-20H2,1-10H3,(H,44,51)/t26-,27+,28+,29-,31-,32?,33+,35+,41-,42+,43-/m1/s1. The number of fused-ring (bicyclic) bond motifs is 4. The molecule has 1 saturated heterocycles. The topological polar surface area (TPSA) is 210 Å². The maximum absolute atomic E-state index is 15.4. The number of esters is 4. The van der Waals surface area contributed by atoms with E-state index in [2.05, 4.69) is 5.32 Å². The van der Waals surface area contributed by atoms with Crippen molar-refractivity contribution in [3.8, 4) is 0 Å². The van der Waals surface area contributed by atoms with Gasteiger partial charge in [0.25, 0.3) is 0 Å². The van der Waals surface area contributed by atoms with Gasteiger partial charge in [-0.15, -0.1) is 0 Å². The number of Topliss-reactive ketones (excluding diaryl/α,β-unsaturated/α-hetero) is 1. The van der Waals surface area contributed by atoms with Crippen LogP contribution in [0.2, 0.25) is 0 Å². The highest BCUT2D eigenvalue weighted by molar-refractivity contribution is 5.97. The summed E-state index contributed by atoms with van der Waals surface area (Å²) in [5.74, 6) is -5.62. The molecule has 1 heterocycles. The quantitative estimate of drug-likeness (QED) is 0.172. The molecular weight excluding hydrogens is 754 g/mol. The zero-order chi connectivity index (χ0) is 42.9. The Balaban J connectivity index is 1.50. The highest BCUT2D eigenvalue weighted by Gasteiger charge is 2.84. The van der Waals surface area contributed by atoms with E-state index >= 15 is 4.79 Å². The second-order valence-electron chi connectivity index (χ2n) is 18.7. The van der Waals surface area contributed by atoms with Gasteiger partial charge < -0.3 is 44.0 Å². The van der Waals surface area contributed by atoms with Crippen molar-refractivity contribution in [1.82, 2.24) is 5.32 Å². The van der Waals surface area contributed by atoms with Crippen LogP contribution in [0.4, 0.5) is 4.79 Å². The Morgan fingerprint density at radius 3 is 2.19 bits per heavy atom. The summed E-state index contributed by atoms with van der Waals surface area (Å²) in [7, 11) is 0. The second-order valence-corrected chi connectivity index (χ2v) is 18.7. The molecule has 0 aromatic heterocycles. The number of aliphatic hydroxyl groups is 2. The van der Waals surface area contributed by atoms with Crippen molar-refractivity contribution in [1.29, 1.82) is 0 Å². The smallest absolute Gasteiger partial charge is 0.407 e. The van der Waals surface area contributed by atoms with E-state index in [0.29, 0.717) is 6.42 Å². The number of carbonyl (C=O) groups is 6. The molecule has 6 rings (SSSR count). The van der Waals surface area contributed by atoms with E-state index in [9.17, 15) is 34.2 Å². The van der Waals surface area contributed by atoms with Crippen LogP contribution in [-0.2, 0) is 47.6 Å². The fraction of sp³-hybridized carbons (Fsp3) is 0.674. The zero-order valence-electron chi connectivity index (χ0n) is 34.9. The molecule has 58 heavy (non-hydrogen) atoms. The number of nitrogens with one attached hydrogen (secondary N) is 1. The van der Waals surface area contributed by atoms with Crippen LogP contribution in [0.25, 0.3) is 0 Å². The number of benzene rings is 1. The van der Waals surface area contributed by atoms with Crippen molar-refractivity contribution in [3.63, 3.8) is 0 Å². The predicted octanol–water partition coefficient (Wildman–Crippen LogP) is 4.14. The fourth-order valence-corrected chi connectivity index (χ4v) is 10.2. The fourth-order valence-electron chi connectivity index (χ4n) is 10.2. The van der Waals surface area contributed by atoms with E-state index in [1.807, 2.05) is 13.8 Å². The molecule has 15 heteroatoms. The van der Waals surface area contributed by atoms with Gasteiger partial charge in [0.1, 0.15) is 29.5 Å². The number of rotatable bonds is 10. The van der Waals surface area contributed by atoms with Gasteiger partial charge in [-0.2, -0.15) is 0 Å². The molecule has 3 N–H and O–H groups in total. The van der Waals surface area contributed by atoms with E-state index in [1.165, 1.54) is 19.1 Å². The molecule has 2 bridgehead atoms. The molecule has 1 aromatic carbocycles. The van der Waals surface area contributed by atoms with Crippen LogP contribution >= 0.6 is 0 Å². The number of carbonyl (C=O) groups excluding carboxylic acids is 6. The Bertz CT molecular complexity index is 1880. The first-order chi connectivity index (χ1) is 26.9. The Kier molecular flexibility index (Phi) is 11.2. The molecular formula is C43H57NO14. The number of ether oxygens (including phenoxy) is 6. The van der Waals surface area contributed by atoms with Crippen molar-refractivity contribution in [3.05, 3.63) is 47.0 Å². The maximum atomic E-state index is 15.4. The largest absolute Gasteiger partial charge is 0.456 e. The van der Waals surface area contributed by atoms with E-state index in [0.717, 1.165) is 6.92 Å². The van der Waals surface area contributed by atoms with Gasteiger partial charge in [-0.25, -0.2) is 14.4 Å². The molecule has 3 saturated carbocycles. The summed E-state index contributed by atoms with van der Waals surface area (Å²) >= 11 is 0. The summed E-state index contributed by atoms with van der Waals surface area (Å²) in [5.41, 5.74) is -6.97. The lowest BCUT2D eigenvalue weighted by Gasteiger charge is -2.64. The summed E-state index contributed by atoms with van der Waals surface area (Å²) in [6.07, 6.45) is -7.71. The highest BCUT2D eigenvalue weighted by atomic mass is 16.6. The van der Waals surface area contributed by atoms with Crippen LogP contribution in [0.5, 0.6) is 0 Å². The molecule has 318 valence electrons. The van der Waals surface area contributed by atoms with Crippen LogP contribution in [0, 0.1) is 28.6 Å². The Morgan fingerprint density at radius 1 is 0.983 bits per heavy atom. The molecule has 4 aliphatic carbocycles. The van der Waals surface area contributed by atoms with Crippen molar-refractivity contribution in [2.75, 3.05) is 6.61 Å². The molecule has 1 aliphatic heterocycles. The molecule has 1 aromatic rings. The lowest BCUT2D eigenvalue weighted by atomic mass is 9.48. The molecule has 15 nitrogen and oxygen atoms in total. The van der Waals surface area contributed by atoms with Gasteiger partial charge in [0.2, 0.25) is 0 Å². The Morgan fingerprint density at radius 2 is 1.64 bits per heavy atom. The van der Waals surface area contributed by atoms with Crippen molar-refractivity contribution in [2.24, 2.45) is 28.6 Å². The van der Waals surface area contributed by atoms with Crippen LogP contribution in [-0.4, -0.2) is 106 Å². The van der Waals surface area contributed by atoms with Gasteiger partial charge in [0.05, 0.1) is 24.1 Å². The van der Waals surface area contributed by atoms with Crippen LogP contribution < -0.4 is 5.32 Å². The summed E-state index contributed by atoms with van der Waals surface area (Å²) in [4.78, 5) is 82.3. The number of hydrogen-bond donors (Lipinski definition) is 3. The SMILES string of the molecule is CC(=O)OC1C(=O)[C@]23C[C@H]2C[C@H]2OC[C@@]2(OC(C)=O)[C@H]3[C@H](OC(=O)c2ccccc2)[C@]2(O)C[C@H](OC(=O)[C@H](O)[C@H](CC(C)C)NC(=O)OC(C)(C)C)C(C)=C1C2(C)C. The third kappa shape index (κ3) is 7.31. The normalized spacial score (nSPS) is 34.3. The Hall–Kier alpha value is -4.34. The number of hydrogen-bond acceptors (Lipinski definition) is 14. The van der Waals surface area contributed by atoms with Crippen LogP contribution in [0.3, 0.4) is 0 Å². The van der Waals surface area contributed by atoms with Gasteiger partial charge >= 0.3 is 30.0 Å². The van der Waals surface area contributed by atoms with E-state index in [4.69, 9.17) is 28.4 Å². The lowest BCUT2D eigenvalue weighted by molar-refractivity contribution is -0.323. The van der Waals surface area contributed by atoms with E-state index in [-0.39, 0.29) is 48.0 Å². The summed E-state index contributed by atoms with van der Waals surface area (Å²) in [6, 6.07) is 6.94. The molecule has 11 atom stereocenters. The first-order valence-corrected chi connectivity index (χ1v) is 20.0. The molecule has 5 aliphatic rings. The second kappa shape index (κ2) is 15.0. The molecule has 0 radical (unpaired) electrons.